The van der Waals surface area contributed by atoms with Crippen molar-refractivity contribution in [3.8, 4) is 34.2 Å². The molecule has 0 radical (unpaired) electrons. The molecule has 0 aliphatic heterocycles. The van der Waals surface area contributed by atoms with Gasteiger partial charge in [-0.3, -0.25) is 9.59 Å². The maximum atomic E-state index is 13.8. The number of nitrogens with one attached hydrogen (secondary N) is 2. The number of methoxy groups -OCH3 is 1. The topological polar surface area (TPSA) is 145 Å². The Morgan fingerprint density at radius 2 is 1.42 bits per heavy atom. The Balaban J connectivity index is 1.17. The maximum absolute atomic E-state index is 13.8. The third-order valence-corrected chi connectivity index (χ3v) is 8.95. The number of benzene rings is 2. The molecule has 15 heteroatoms. The predicted molar refractivity (Wildman–Crippen MR) is 200 cm³/mol. The minimum absolute atomic E-state index is 0.179. The van der Waals surface area contributed by atoms with E-state index in [0.29, 0.717) is 61.4 Å². The maximum Gasteiger partial charge on any atom is 0.294 e. The largest absolute Gasteiger partial charge is 0.481 e. The van der Waals surface area contributed by atoms with Gasteiger partial charge in [0.15, 0.2) is 11.3 Å². The fraction of sp³-hybridized carbons (Fsp3) is 0.0526. The van der Waals surface area contributed by atoms with Crippen molar-refractivity contribution in [2.45, 2.75) is 6.92 Å². The number of amides is 2. The predicted octanol–water partition coefficient (Wildman–Crippen LogP) is 6.91. The minimum Gasteiger partial charge on any atom is -0.481 e. The van der Waals surface area contributed by atoms with E-state index in [1.54, 1.807) is 72.3 Å². The summed E-state index contributed by atoms with van der Waals surface area (Å²) in [5.41, 5.74) is 5.01. The molecule has 2 N–H and O–H groups in total. The normalized spacial score (nSPS) is 11.2. The molecule has 8 rings (SSSR count). The third-order valence-electron chi connectivity index (χ3n) is 8.29. The van der Waals surface area contributed by atoms with Crippen LogP contribution in [0.4, 0.5) is 11.5 Å². The molecule has 53 heavy (non-hydrogen) atoms. The Hall–Kier alpha value is -6.70. The van der Waals surface area contributed by atoms with Gasteiger partial charge in [0.1, 0.15) is 23.4 Å². The van der Waals surface area contributed by atoms with Crippen LogP contribution in [0.5, 0.6) is 5.88 Å². The van der Waals surface area contributed by atoms with E-state index in [1.807, 2.05) is 48.5 Å². The van der Waals surface area contributed by atoms with Crippen molar-refractivity contribution in [3.05, 3.63) is 143 Å². The van der Waals surface area contributed by atoms with E-state index in [9.17, 15) is 9.59 Å². The SMILES string of the molecule is COc1cccc(NC(=O)c2c[n+](-c3cc(NC(=O)c4cnc5ccc(-c6ccccc6Cl)nn45)cc(C)n3)c3ccc(-c4ccccc4Cl)nn23)n1. The van der Waals surface area contributed by atoms with Gasteiger partial charge in [-0.2, -0.15) is 14.6 Å². The van der Waals surface area contributed by atoms with Crippen LogP contribution in [0.25, 0.3) is 39.6 Å². The van der Waals surface area contributed by atoms with Crippen molar-refractivity contribution in [1.82, 2.24) is 34.2 Å². The first-order valence-corrected chi connectivity index (χ1v) is 16.9. The van der Waals surface area contributed by atoms with E-state index in [2.05, 4.69) is 25.7 Å². The zero-order valence-corrected chi connectivity index (χ0v) is 29.5. The number of halogens is 2. The highest BCUT2D eigenvalue weighted by molar-refractivity contribution is 6.33. The van der Waals surface area contributed by atoms with Crippen molar-refractivity contribution >= 4 is 57.8 Å². The quantitative estimate of drug-likeness (QED) is 0.160. The number of rotatable bonds is 8. The number of hydrogen-bond donors (Lipinski definition) is 2. The fourth-order valence-corrected chi connectivity index (χ4v) is 6.30. The molecule has 2 aromatic carbocycles. The van der Waals surface area contributed by atoms with Crippen LogP contribution in [-0.2, 0) is 0 Å². The molecule has 6 heterocycles. The molecule has 0 fully saturated rings. The number of aromatic nitrogens is 8. The first kappa shape index (κ1) is 33.4. The summed E-state index contributed by atoms with van der Waals surface area (Å²) >= 11 is 12.9. The van der Waals surface area contributed by atoms with Crippen molar-refractivity contribution in [2.75, 3.05) is 17.7 Å². The Morgan fingerprint density at radius 3 is 2.13 bits per heavy atom. The number of nitrogens with zero attached hydrogens (tertiary/aromatic N) is 8. The van der Waals surface area contributed by atoms with E-state index in [0.717, 1.165) is 5.56 Å². The van der Waals surface area contributed by atoms with Crippen molar-refractivity contribution < 1.29 is 18.9 Å². The standard InChI is InChI=1S/C38H26Cl2N10O3/c1-22-18-23(43-37(51)30-20-41-33-16-14-28(46-49(30)33)24-8-3-5-10-26(24)39)19-34(42-22)48-21-31(38(52)45-32-12-7-13-35(44-32)53-2)50-36(48)17-15-29(47-50)25-9-4-6-11-27(25)40/h3-21H,1-2H3,(H-,42,43,44,45,51,52)/p+1. The number of hydrogen-bond acceptors (Lipinski definition) is 8. The molecule has 0 bridgehead atoms. The molecule has 8 aromatic rings. The van der Waals surface area contributed by atoms with Crippen LogP contribution in [0.15, 0.2) is 116 Å². The lowest BCUT2D eigenvalue weighted by molar-refractivity contribution is -0.570. The van der Waals surface area contributed by atoms with Gasteiger partial charge < -0.3 is 15.4 Å². The van der Waals surface area contributed by atoms with Crippen molar-refractivity contribution in [3.63, 3.8) is 0 Å². The molecule has 0 spiro atoms. The number of ether oxygens (including phenoxy) is 1. The van der Waals surface area contributed by atoms with Gasteiger partial charge in [0.25, 0.3) is 23.3 Å². The van der Waals surface area contributed by atoms with Crippen LogP contribution >= 0.6 is 23.2 Å². The highest BCUT2D eigenvalue weighted by Gasteiger charge is 2.26. The average Bonchev–Trinajstić information content (AvgIpc) is 3.77. The Morgan fingerprint density at radius 1 is 0.736 bits per heavy atom. The Labute approximate surface area is 311 Å². The summed E-state index contributed by atoms with van der Waals surface area (Å²) in [7, 11) is 1.50. The second-order valence-electron chi connectivity index (χ2n) is 11.8. The zero-order chi connectivity index (χ0) is 36.6. The third kappa shape index (κ3) is 6.50. The van der Waals surface area contributed by atoms with E-state index >= 15 is 0 Å². The van der Waals surface area contributed by atoms with Gasteiger partial charge in [-0.25, -0.2) is 9.50 Å². The molecule has 13 nitrogen and oxygen atoms in total. The van der Waals surface area contributed by atoms with Crippen molar-refractivity contribution in [2.24, 2.45) is 0 Å². The van der Waals surface area contributed by atoms with Crippen LogP contribution in [0, 0.1) is 6.92 Å². The number of pyridine rings is 2. The number of carbonyl (C=O) groups excluding carboxylic acids is 2. The Kier molecular flexibility index (Phi) is 8.70. The highest BCUT2D eigenvalue weighted by atomic mass is 35.5. The zero-order valence-electron chi connectivity index (χ0n) is 28.0. The number of fused-ring (bicyclic) bond motifs is 2. The van der Waals surface area contributed by atoms with Crippen LogP contribution in [0.3, 0.4) is 0 Å². The lowest BCUT2D eigenvalue weighted by Crippen LogP contribution is -2.31. The molecule has 2 amide bonds. The van der Waals surface area contributed by atoms with Gasteiger partial charge in [-0.1, -0.05) is 65.7 Å². The van der Waals surface area contributed by atoms with Gasteiger partial charge in [-0.05, 0) is 49.4 Å². The van der Waals surface area contributed by atoms with Crippen LogP contribution in [-0.4, -0.2) is 53.1 Å². The van der Waals surface area contributed by atoms with Crippen LogP contribution in [0.1, 0.15) is 26.7 Å². The summed E-state index contributed by atoms with van der Waals surface area (Å²) < 4.78 is 9.93. The van der Waals surface area contributed by atoms with Gasteiger partial charge in [0.05, 0.1) is 34.7 Å². The molecule has 6 aromatic heterocycles. The van der Waals surface area contributed by atoms with Gasteiger partial charge in [0, 0.05) is 29.3 Å². The second-order valence-corrected chi connectivity index (χ2v) is 12.6. The molecule has 0 aliphatic rings. The van der Waals surface area contributed by atoms with Crippen molar-refractivity contribution in [1.29, 1.82) is 0 Å². The van der Waals surface area contributed by atoms with E-state index < -0.39 is 11.8 Å². The number of imidazole rings is 2. The number of anilines is 2. The highest BCUT2D eigenvalue weighted by Crippen LogP contribution is 2.28. The number of carbonyl (C=O) groups is 2. The second kappa shape index (κ2) is 13.8. The van der Waals surface area contributed by atoms with Gasteiger partial charge >= 0.3 is 0 Å². The van der Waals surface area contributed by atoms with E-state index in [-0.39, 0.29) is 17.2 Å². The summed E-state index contributed by atoms with van der Waals surface area (Å²) in [6.07, 6.45) is 3.08. The Bertz CT molecular complexity index is 2730. The fourth-order valence-electron chi connectivity index (χ4n) is 5.83. The van der Waals surface area contributed by atoms with Gasteiger partial charge in [0.2, 0.25) is 11.6 Å². The lowest BCUT2D eigenvalue weighted by atomic mass is 10.1. The first-order valence-electron chi connectivity index (χ1n) is 16.2. The molecule has 0 aliphatic carbocycles. The monoisotopic (exact) mass is 741 g/mol. The summed E-state index contributed by atoms with van der Waals surface area (Å²) in [6, 6.07) is 30.3. The molecular weight excluding hydrogens is 715 g/mol. The summed E-state index contributed by atoms with van der Waals surface area (Å²) in [5, 5.41) is 16.3. The molecular formula is C38H27Cl2N10O3+. The van der Waals surface area contributed by atoms with Crippen LogP contribution < -0.4 is 19.9 Å². The minimum atomic E-state index is -0.485. The van der Waals surface area contributed by atoms with Gasteiger partial charge in [-0.15, -0.1) is 14.6 Å². The summed E-state index contributed by atoms with van der Waals surface area (Å²) in [4.78, 5) is 41.0. The van der Waals surface area contributed by atoms with Crippen LogP contribution in [0.2, 0.25) is 10.0 Å². The number of aryl methyl sites for hydroxylation is 1. The summed E-state index contributed by atoms with van der Waals surface area (Å²) in [6.45, 7) is 1.81. The summed E-state index contributed by atoms with van der Waals surface area (Å²) in [5.74, 6) is 0.122. The smallest absolute Gasteiger partial charge is 0.294 e. The van der Waals surface area contributed by atoms with E-state index in [4.69, 9.17) is 38.0 Å². The molecule has 260 valence electrons. The lowest BCUT2D eigenvalue weighted by Gasteiger charge is -2.08. The molecule has 0 saturated carbocycles. The molecule has 0 unspecified atom stereocenters. The molecule has 0 atom stereocenters. The first-order chi connectivity index (χ1) is 25.7. The average molecular weight is 743 g/mol. The molecule has 0 saturated heterocycles. The van der Waals surface area contributed by atoms with E-state index in [1.165, 1.54) is 22.3 Å².